The van der Waals surface area contributed by atoms with Gasteiger partial charge in [0, 0.05) is 23.7 Å². The molecule has 0 radical (unpaired) electrons. The lowest BCUT2D eigenvalue weighted by atomic mass is 10.1. The molecule has 0 spiro atoms. The van der Waals surface area contributed by atoms with E-state index in [0.29, 0.717) is 21.9 Å². The van der Waals surface area contributed by atoms with Crippen LogP contribution in [-0.2, 0) is 11.2 Å². The van der Waals surface area contributed by atoms with Gasteiger partial charge in [-0.3, -0.25) is 9.20 Å². The van der Waals surface area contributed by atoms with Crippen LogP contribution in [0.15, 0.2) is 42.6 Å². The molecule has 0 fully saturated rings. The number of aromatic nitrogens is 2. The predicted octanol–water partition coefficient (Wildman–Crippen LogP) is 2.43. The number of amides is 1. The van der Waals surface area contributed by atoms with Gasteiger partial charge in [-0.1, -0.05) is 23.7 Å². The largest absolute Gasteiger partial charge is 0.508 e. The van der Waals surface area contributed by atoms with Gasteiger partial charge in [-0.05, 0) is 30.7 Å². The summed E-state index contributed by atoms with van der Waals surface area (Å²) in [6.45, 7) is 1.67. The van der Waals surface area contributed by atoms with Crippen molar-refractivity contribution in [3.05, 3.63) is 64.6 Å². The summed E-state index contributed by atoms with van der Waals surface area (Å²) >= 11 is 5.94. The van der Waals surface area contributed by atoms with Gasteiger partial charge >= 0.3 is 5.97 Å². The number of aliphatic carboxylic acids is 1. The van der Waals surface area contributed by atoms with E-state index in [4.69, 9.17) is 11.6 Å². The number of fused-ring (bicyclic) bond motifs is 1. The van der Waals surface area contributed by atoms with Crippen molar-refractivity contribution in [3.8, 4) is 5.75 Å². The number of carbonyl (C=O) groups excluding carboxylic acids is 1. The second-order valence-electron chi connectivity index (χ2n) is 5.85. The zero-order valence-electron chi connectivity index (χ0n) is 13.8. The van der Waals surface area contributed by atoms with Crippen molar-refractivity contribution < 1.29 is 19.8 Å². The second kappa shape index (κ2) is 7.05. The maximum Gasteiger partial charge on any atom is 0.326 e. The first-order valence-corrected chi connectivity index (χ1v) is 8.18. The summed E-state index contributed by atoms with van der Waals surface area (Å²) in [4.78, 5) is 28.5. The van der Waals surface area contributed by atoms with Gasteiger partial charge in [0.25, 0.3) is 5.91 Å². The number of nitrogens with zero attached hydrogens (tertiary/aromatic N) is 2. The Morgan fingerprint density at radius 2 is 1.96 bits per heavy atom. The van der Waals surface area contributed by atoms with E-state index < -0.39 is 17.9 Å². The fraction of sp³-hybridized carbons (Fsp3) is 0.167. The number of aryl methyl sites for hydroxylation is 1. The monoisotopic (exact) mass is 373 g/mol. The van der Waals surface area contributed by atoms with Gasteiger partial charge in [0.1, 0.15) is 23.1 Å². The smallest absolute Gasteiger partial charge is 0.326 e. The fourth-order valence-electron chi connectivity index (χ4n) is 2.71. The van der Waals surface area contributed by atoms with Crippen LogP contribution in [0.1, 0.15) is 21.7 Å². The molecule has 1 unspecified atom stereocenters. The number of rotatable bonds is 5. The third-order valence-electron chi connectivity index (χ3n) is 3.96. The average molecular weight is 374 g/mol. The summed E-state index contributed by atoms with van der Waals surface area (Å²) in [5.74, 6) is -1.60. The first-order chi connectivity index (χ1) is 12.3. The molecule has 3 aromatic rings. The lowest BCUT2D eigenvalue weighted by Gasteiger charge is -2.15. The van der Waals surface area contributed by atoms with Crippen molar-refractivity contribution in [1.82, 2.24) is 14.7 Å². The summed E-state index contributed by atoms with van der Waals surface area (Å²) in [5, 5.41) is 21.8. The van der Waals surface area contributed by atoms with Gasteiger partial charge in [-0.25, -0.2) is 9.78 Å². The number of pyridine rings is 1. The molecule has 1 amide bonds. The molecule has 0 saturated carbocycles. The van der Waals surface area contributed by atoms with E-state index in [1.54, 1.807) is 41.8 Å². The molecule has 0 bridgehead atoms. The highest BCUT2D eigenvalue weighted by molar-refractivity contribution is 6.30. The van der Waals surface area contributed by atoms with Crippen molar-refractivity contribution in [2.45, 2.75) is 19.4 Å². The number of hydrogen-bond donors (Lipinski definition) is 3. The number of hydrogen-bond acceptors (Lipinski definition) is 4. The minimum atomic E-state index is -1.15. The minimum absolute atomic E-state index is 0.0863. The number of nitrogens with one attached hydrogen (secondary N) is 1. The number of carboxylic acid groups (broad SMARTS) is 1. The van der Waals surface area contributed by atoms with Crippen molar-refractivity contribution in [2.75, 3.05) is 0 Å². The summed E-state index contributed by atoms with van der Waals surface area (Å²) in [5.41, 5.74) is 1.91. The Morgan fingerprint density at radius 3 is 2.62 bits per heavy atom. The van der Waals surface area contributed by atoms with E-state index in [-0.39, 0.29) is 17.9 Å². The SMILES string of the molecule is Cc1nc2cc(Cl)ccn2c1C(=O)NC(Cc1ccc(O)cc1)C(=O)O. The minimum Gasteiger partial charge on any atom is -0.508 e. The van der Waals surface area contributed by atoms with Crippen LogP contribution < -0.4 is 5.32 Å². The molecule has 0 aliphatic rings. The summed E-state index contributed by atoms with van der Waals surface area (Å²) in [7, 11) is 0. The maximum atomic E-state index is 12.7. The topological polar surface area (TPSA) is 104 Å². The first kappa shape index (κ1) is 17.8. The number of imidazole rings is 1. The highest BCUT2D eigenvalue weighted by Crippen LogP contribution is 2.17. The van der Waals surface area contributed by atoms with Crippen LogP contribution in [0, 0.1) is 6.92 Å². The molecule has 0 aliphatic carbocycles. The molecular formula is C18H16ClN3O4. The Kier molecular flexibility index (Phi) is 4.81. The van der Waals surface area contributed by atoms with Gasteiger partial charge in [-0.15, -0.1) is 0 Å². The molecule has 7 nitrogen and oxygen atoms in total. The van der Waals surface area contributed by atoms with Crippen molar-refractivity contribution in [3.63, 3.8) is 0 Å². The van der Waals surface area contributed by atoms with Crippen LogP contribution in [0.5, 0.6) is 5.75 Å². The molecule has 134 valence electrons. The van der Waals surface area contributed by atoms with E-state index >= 15 is 0 Å². The predicted molar refractivity (Wildman–Crippen MR) is 95.6 cm³/mol. The van der Waals surface area contributed by atoms with Crippen LogP contribution in [0.4, 0.5) is 0 Å². The maximum absolute atomic E-state index is 12.7. The van der Waals surface area contributed by atoms with E-state index in [1.165, 1.54) is 12.1 Å². The van der Waals surface area contributed by atoms with Crippen LogP contribution in [0.2, 0.25) is 5.02 Å². The number of halogens is 1. The lowest BCUT2D eigenvalue weighted by Crippen LogP contribution is -2.42. The van der Waals surface area contributed by atoms with E-state index in [2.05, 4.69) is 10.3 Å². The Bertz CT molecular complexity index is 982. The third-order valence-corrected chi connectivity index (χ3v) is 4.19. The van der Waals surface area contributed by atoms with E-state index in [9.17, 15) is 19.8 Å². The molecule has 2 heterocycles. The molecule has 2 aromatic heterocycles. The Labute approximate surface area is 153 Å². The standard InChI is InChI=1S/C18H16ClN3O4/c1-10-16(22-7-6-12(19)9-15(22)20-10)17(24)21-14(18(25)26)8-11-2-4-13(23)5-3-11/h2-7,9,14,23H,8H2,1H3,(H,21,24)(H,25,26). The van der Waals surface area contributed by atoms with Gasteiger partial charge in [-0.2, -0.15) is 0 Å². The lowest BCUT2D eigenvalue weighted by molar-refractivity contribution is -0.139. The molecule has 8 heteroatoms. The molecule has 26 heavy (non-hydrogen) atoms. The van der Waals surface area contributed by atoms with Gasteiger partial charge in [0.2, 0.25) is 0 Å². The number of aromatic hydroxyl groups is 1. The average Bonchev–Trinajstić information content (AvgIpc) is 2.90. The van der Waals surface area contributed by atoms with E-state index in [0.717, 1.165) is 0 Å². The van der Waals surface area contributed by atoms with Crippen LogP contribution in [-0.4, -0.2) is 37.5 Å². The molecule has 1 aromatic carbocycles. The molecule has 3 N–H and O–H groups in total. The summed E-state index contributed by atoms with van der Waals surface area (Å²) in [6, 6.07) is 8.28. The normalized spacial score (nSPS) is 12.1. The highest BCUT2D eigenvalue weighted by Gasteiger charge is 2.24. The number of carbonyl (C=O) groups is 2. The van der Waals surface area contributed by atoms with Crippen LogP contribution in [0.25, 0.3) is 5.65 Å². The highest BCUT2D eigenvalue weighted by atomic mass is 35.5. The molecule has 3 rings (SSSR count). The van der Waals surface area contributed by atoms with Gasteiger partial charge in [0.15, 0.2) is 0 Å². The van der Waals surface area contributed by atoms with Gasteiger partial charge < -0.3 is 15.5 Å². The van der Waals surface area contributed by atoms with Gasteiger partial charge in [0.05, 0.1) is 5.69 Å². The number of benzene rings is 1. The summed E-state index contributed by atoms with van der Waals surface area (Å²) < 4.78 is 1.57. The number of phenolic OH excluding ortho intramolecular Hbond substituents is 1. The van der Waals surface area contributed by atoms with Crippen LogP contribution in [0.3, 0.4) is 0 Å². The van der Waals surface area contributed by atoms with Crippen molar-refractivity contribution in [2.24, 2.45) is 0 Å². The van der Waals surface area contributed by atoms with E-state index in [1.807, 2.05) is 0 Å². The third kappa shape index (κ3) is 3.62. The second-order valence-corrected chi connectivity index (χ2v) is 6.29. The Balaban J connectivity index is 1.85. The first-order valence-electron chi connectivity index (χ1n) is 7.81. The van der Waals surface area contributed by atoms with Crippen molar-refractivity contribution in [1.29, 1.82) is 0 Å². The Hall–Kier alpha value is -3.06. The van der Waals surface area contributed by atoms with Crippen LogP contribution >= 0.6 is 11.6 Å². The molecule has 1 atom stereocenters. The Morgan fingerprint density at radius 1 is 1.27 bits per heavy atom. The molecule has 0 saturated heterocycles. The summed E-state index contributed by atoms with van der Waals surface area (Å²) in [6.07, 6.45) is 1.70. The zero-order valence-corrected chi connectivity index (χ0v) is 14.6. The zero-order chi connectivity index (χ0) is 18.8. The molecular weight excluding hydrogens is 358 g/mol. The fourth-order valence-corrected chi connectivity index (χ4v) is 2.86. The number of carboxylic acids is 1. The number of phenols is 1. The molecule has 0 aliphatic heterocycles. The van der Waals surface area contributed by atoms with Crippen molar-refractivity contribution >= 4 is 29.1 Å². The quantitative estimate of drug-likeness (QED) is 0.637.